The fraction of sp³-hybridized carbons (Fsp3) is 0.158. The van der Waals surface area contributed by atoms with Gasteiger partial charge in [-0.25, -0.2) is 14.4 Å². The first-order valence-corrected chi connectivity index (χ1v) is 8.30. The summed E-state index contributed by atoms with van der Waals surface area (Å²) in [4.78, 5) is 19.0. The minimum atomic E-state index is -0.523. The number of nitrogens with one attached hydrogen (secondary N) is 2. The van der Waals surface area contributed by atoms with Gasteiger partial charge in [-0.15, -0.1) is 0 Å². The molecule has 0 unspecified atom stereocenters. The monoisotopic (exact) mass is 367 g/mol. The Balaban J connectivity index is 1.76. The van der Waals surface area contributed by atoms with Crippen LogP contribution in [0.2, 0.25) is 0 Å². The number of hydrogen-bond donors (Lipinski definition) is 2. The molecule has 0 fully saturated rings. The second-order valence-electron chi connectivity index (χ2n) is 6.00. The maximum Gasteiger partial charge on any atom is 0.353 e. The Morgan fingerprint density at radius 3 is 1.89 bits per heavy atom. The first kappa shape index (κ1) is 18.2. The summed E-state index contributed by atoms with van der Waals surface area (Å²) in [6.45, 7) is 2.66. The highest BCUT2D eigenvalue weighted by Crippen LogP contribution is 2.29. The lowest BCUT2D eigenvalue weighted by Gasteiger charge is -2.10. The van der Waals surface area contributed by atoms with E-state index < -0.39 is 4.92 Å². The van der Waals surface area contributed by atoms with Crippen molar-refractivity contribution in [1.82, 2.24) is 9.97 Å². The van der Waals surface area contributed by atoms with Crippen LogP contribution in [0.1, 0.15) is 16.7 Å². The maximum absolute atomic E-state index is 13.0. The van der Waals surface area contributed by atoms with Crippen LogP contribution in [-0.4, -0.2) is 14.9 Å². The number of aromatic nitrogens is 2. The number of nitrogens with zero attached hydrogens (tertiary/aromatic N) is 3. The lowest BCUT2D eigenvalue weighted by molar-refractivity contribution is -0.383. The predicted octanol–water partition coefficient (Wildman–Crippen LogP) is 4.06. The molecule has 2 aromatic carbocycles. The Bertz CT molecular complexity index is 862. The van der Waals surface area contributed by atoms with Crippen molar-refractivity contribution in [2.75, 3.05) is 10.6 Å². The number of benzene rings is 2. The van der Waals surface area contributed by atoms with E-state index in [1.807, 2.05) is 31.2 Å². The summed E-state index contributed by atoms with van der Waals surface area (Å²) >= 11 is 0. The van der Waals surface area contributed by atoms with Crippen molar-refractivity contribution >= 4 is 17.3 Å². The summed E-state index contributed by atoms with van der Waals surface area (Å²) in [6, 6.07) is 13.7. The van der Waals surface area contributed by atoms with Crippen LogP contribution in [0.25, 0.3) is 0 Å². The van der Waals surface area contributed by atoms with E-state index in [2.05, 4.69) is 20.6 Å². The molecule has 0 aliphatic heterocycles. The molecule has 3 aromatic rings. The highest BCUT2D eigenvalue weighted by molar-refractivity contribution is 5.69. The van der Waals surface area contributed by atoms with E-state index in [4.69, 9.17) is 0 Å². The summed E-state index contributed by atoms with van der Waals surface area (Å²) in [5, 5.41) is 17.5. The lowest BCUT2D eigenvalue weighted by atomic mass is 10.1. The average Bonchev–Trinajstić information content (AvgIpc) is 2.67. The average molecular weight is 367 g/mol. The molecule has 3 rings (SSSR count). The second-order valence-corrected chi connectivity index (χ2v) is 6.00. The third-order valence-electron chi connectivity index (χ3n) is 3.96. The van der Waals surface area contributed by atoms with Gasteiger partial charge in [-0.1, -0.05) is 42.0 Å². The van der Waals surface area contributed by atoms with Gasteiger partial charge in [-0.3, -0.25) is 10.1 Å². The lowest BCUT2D eigenvalue weighted by Crippen LogP contribution is -2.10. The van der Waals surface area contributed by atoms with Gasteiger partial charge in [0, 0.05) is 13.1 Å². The molecule has 0 saturated carbocycles. The van der Waals surface area contributed by atoms with Crippen molar-refractivity contribution in [2.24, 2.45) is 0 Å². The third kappa shape index (κ3) is 4.75. The van der Waals surface area contributed by atoms with E-state index in [-0.39, 0.29) is 29.7 Å². The molecule has 0 amide bonds. The zero-order chi connectivity index (χ0) is 19.2. The first-order chi connectivity index (χ1) is 13.0. The highest BCUT2D eigenvalue weighted by atomic mass is 19.1. The smallest absolute Gasteiger partial charge is 0.353 e. The highest BCUT2D eigenvalue weighted by Gasteiger charge is 2.22. The number of anilines is 2. The molecule has 0 radical (unpaired) electrons. The van der Waals surface area contributed by atoms with E-state index in [0.29, 0.717) is 6.54 Å². The summed E-state index contributed by atoms with van der Waals surface area (Å²) in [5.41, 5.74) is 2.67. The van der Waals surface area contributed by atoms with Gasteiger partial charge < -0.3 is 10.6 Å². The second kappa shape index (κ2) is 8.22. The van der Waals surface area contributed by atoms with Gasteiger partial charge in [0.2, 0.25) is 11.6 Å². The van der Waals surface area contributed by atoms with Crippen LogP contribution >= 0.6 is 0 Å². The third-order valence-corrected chi connectivity index (χ3v) is 3.96. The fourth-order valence-corrected chi connectivity index (χ4v) is 2.49. The summed E-state index contributed by atoms with van der Waals surface area (Å²) in [5.74, 6) is -0.0997. The molecule has 0 atom stereocenters. The zero-order valence-electron chi connectivity index (χ0n) is 14.6. The van der Waals surface area contributed by atoms with E-state index in [1.165, 1.54) is 18.5 Å². The molecular formula is C19H18FN5O2. The first-order valence-electron chi connectivity index (χ1n) is 8.30. The number of hydrogen-bond acceptors (Lipinski definition) is 6. The van der Waals surface area contributed by atoms with E-state index >= 15 is 0 Å². The van der Waals surface area contributed by atoms with Crippen LogP contribution in [0.4, 0.5) is 21.7 Å². The quantitative estimate of drug-likeness (QED) is 0.483. The topological polar surface area (TPSA) is 93.0 Å². The number of nitro groups is 1. The van der Waals surface area contributed by atoms with Crippen LogP contribution in [-0.2, 0) is 13.1 Å². The summed E-state index contributed by atoms with van der Waals surface area (Å²) in [7, 11) is 0. The molecule has 1 aromatic heterocycles. The van der Waals surface area contributed by atoms with Gasteiger partial charge in [0.1, 0.15) is 12.1 Å². The summed E-state index contributed by atoms with van der Waals surface area (Å²) < 4.78 is 13.0. The Kier molecular flexibility index (Phi) is 5.55. The minimum Gasteiger partial charge on any atom is -0.360 e. The van der Waals surface area contributed by atoms with Crippen molar-refractivity contribution in [1.29, 1.82) is 0 Å². The Morgan fingerprint density at radius 1 is 0.926 bits per heavy atom. The maximum atomic E-state index is 13.0. The standard InChI is InChI=1S/C19H18FN5O2/c1-13-2-4-14(5-3-13)10-21-18-17(25(26)27)19(24-12-23-18)22-11-15-6-8-16(20)9-7-15/h2-9,12H,10-11H2,1H3,(H2,21,22,23,24). The molecule has 138 valence electrons. The molecule has 8 heteroatoms. The molecule has 0 saturated heterocycles. The Labute approximate surface area is 155 Å². The van der Waals surface area contributed by atoms with Gasteiger partial charge in [0.05, 0.1) is 4.92 Å². The van der Waals surface area contributed by atoms with Gasteiger partial charge in [-0.05, 0) is 30.2 Å². The molecule has 0 spiro atoms. The zero-order valence-corrected chi connectivity index (χ0v) is 14.6. The van der Waals surface area contributed by atoms with Crippen molar-refractivity contribution in [3.05, 3.63) is 87.5 Å². The largest absolute Gasteiger partial charge is 0.360 e. The van der Waals surface area contributed by atoms with Crippen LogP contribution in [0.5, 0.6) is 0 Å². The number of aryl methyl sites for hydroxylation is 1. The van der Waals surface area contributed by atoms with Crippen molar-refractivity contribution in [2.45, 2.75) is 20.0 Å². The van der Waals surface area contributed by atoms with Gasteiger partial charge in [0.15, 0.2) is 0 Å². The Morgan fingerprint density at radius 2 is 1.41 bits per heavy atom. The van der Waals surface area contributed by atoms with E-state index in [0.717, 1.165) is 16.7 Å². The predicted molar refractivity (Wildman–Crippen MR) is 101 cm³/mol. The normalized spacial score (nSPS) is 10.4. The van der Waals surface area contributed by atoms with Crippen LogP contribution in [0.15, 0.2) is 54.9 Å². The van der Waals surface area contributed by atoms with E-state index in [1.54, 1.807) is 12.1 Å². The number of rotatable bonds is 7. The molecule has 7 nitrogen and oxygen atoms in total. The molecule has 0 aliphatic rings. The van der Waals surface area contributed by atoms with Crippen molar-refractivity contribution in [3.8, 4) is 0 Å². The molecule has 0 bridgehead atoms. The molecule has 0 aliphatic carbocycles. The fourth-order valence-electron chi connectivity index (χ4n) is 2.49. The van der Waals surface area contributed by atoms with Crippen molar-refractivity contribution < 1.29 is 9.31 Å². The number of halogens is 1. The van der Waals surface area contributed by atoms with Gasteiger partial charge >= 0.3 is 5.69 Å². The molecule has 1 heterocycles. The SMILES string of the molecule is Cc1ccc(CNc2ncnc(NCc3ccc(F)cc3)c2[N+](=O)[O-])cc1. The van der Waals surface area contributed by atoms with Crippen LogP contribution in [0, 0.1) is 22.9 Å². The van der Waals surface area contributed by atoms with Gasteiger partial charge in [0.25, 0.3) is 0 Å². The minimum absolute atomic E-state index is 0.103. The Hall–Kier alpha value is -3.55. The van der Waals surface area contributed by atoms with Crippen LogP contribution < -0.4 is 10.6 Å². The van der Waals surface area contributed by atoms with Gasteiger partial charge in [-0.2, -0.15) is 0 Å². The molecular weight excluding hydrogens is 349 g/mol. The summed E-state index contributed by atoms with van der Waals surface area (Å²) in [6.07, 6.45) is 1.26. The van der Waals surface area contributed by atoms with E-state index in [9.17, 15) is 14.5 Å². The molecule has 27 heavy (non-hydrogen) atoms. The van der Waals surface area contributed by atoms with Crippen molar-refractivity contribution in [3.63, 3.8) is 0 Å². The van der Waals surface area contributed by atoms with Crippen LogP contribution in [0.3, 0.4) is 0 Å². The molecule has 2 N–H and O–H groups in total.